The molecule has 1 unspecified atom stereocenters. The number of carboxylic acid groups (broad SMARTS) is 1. The van der Waals surface area contributed by atoms with Crippen molar-refractivity contribution in [2.75, 3.05) is 12.4 Å². The molecule has 0 bridgehead atoms. The Labute approximate surface area is 268 Å². The molecule has 4 rings (SSSR count). The van der Waals surface area contributed by atoms with Gasteiger partial charge < -0.3 is 74.7 Å². The van der Waals surface area contributed by atoms with Gasteiger partial charge in [-0.15, -0.1) is 0 Å². The first-order valence-electron chi connectivity index (χ1n) is 12.8. The van der Waals surface area contributed by atoms with Crippen molar-refractivity contribution in [3.8, 4) is 0 Å². The standard InChI is InChI=1S/C10H16N2O3S.C9H12N2O5.3H3O4P/c13-8(14)4-2-1-3-7-9-6(5-16-7)11-10(15)12-9;12-4-6-5(13)3-8(16-6)11-2-1-7(14)10-9(11)15;3*1-5(2,3)4/h6-7,9H,1-5H2,(H,13,14)(H2,11,12,15);1-2,5-6,8,12-13H,3-4H2,(H,10,14,15);3*(H3,1,2,3,4)/t6-,7-,9-;5-,6+,8?;;;/m00.../s1. The van der Waals surface area contributed by atoms with Gasteiger partial charge in [-0.3, -0.25) is 19.1 Å². The van der Waals surface area contributed by atoms with Crippen LogP contribution in [-0.2, 0) is 23.2 Å². The number of aromatic nitrogens is 2. The number of urea groups is 1. The number of aromatic amines is 1. The smallest absolute Gasteiger partial charge is 0.466 e. The van der Waals surface area contributed by atoms with Crippen molar-refractivity contribution in [3.05, 3.63) is 33.1 Å². The van der Waals surface area contributed by atoms with Crippen LogP contribution in [-0.4, -0.2) is 123 Å². The Morgan fingerprint density at radius 1 is 0.936 bits per heavy atom. The topological polar surface area (TPSA) is 416 Å². The van der Waals surface area contributed by atoms with Crippen LogP contribution in [0.5, 0.6) is 0 Å². The Kier molecular flexibility index (Phi) is 19.6. The predicted molar refractivity (Wildman–Crippen MR) is 157 cm³/mol. The van der Waals surface area contributed by atoms with Crippen LogP contribution in [0.1, 0.15) is 38.3 Å². The van der Waals surface area contributed by atoms with E-state index >= 15 is 0 Å². The fraction of sp³-hybridized carbons (Fsp3) is 0.684. The Morgan fingerprint density at radius 2 is 1.47 bits per heavy atom. The van der Waals surface area contributed by atoms with Gasteiger partial charge in [-0.1, -0.05) is 6.42 Å². The summed E-state index contributed by atoms with van der Waals surface area (Å²) in [5.74, 6) is 0.236. The highest BCUT2D eigenvalue weighted by Crippen LogP contribution is 2.33. The summed E-state index contributed by atoms with van der Waals surface area (Å²) in [6, 6.07) is 1.64. The zero-order valence-corrected chi connectivity index (χ0v) is 27.4. The number of H-pyrrole nitrogens is 1. The maximum atomic E-state index is 11.4. The van der Waals surface area contributed by atoms with Crippen LogP contribution in [0, 0.1) is 0 Å². The average Bonchev–Trinajstić information content (AvgIpc) is 3.53. The van der Waals surface area contributed by atoms with E-state index in [0.29, 0.717) is 5.25 Å². The number of phosphoric acid groups is 3. The van der Waals surface area contributed by atoms with E-state index in [0.717, 1.165) is 25.0 Å². The van der Waals surface area contributed by atoms with Crippen LogP contribution in [0.4, 0.5) is 4.79 Å². The number of aliphatic hydroxyl groups excluding tert-OH is 2. The van der Waals surface area contributed by atoms with Crippen molar-refractivity contribution in [3.63, 3.8) is 0 Å². The largest absolute Gasteiger partial charge is 0.481 e. The Hall–Kier alpha value is -2.02. The van der Waals surface area contributed by atoms with Crippen molar-refractivity contribution in [1.82, 2.24) is 20.2 Å². The van der Waals surface area contributed by atoms with E-state index in [1.165, 1.54) is 16.8 Å². The SMILES string of the molecule is O=C(O)CCCC[C@@H]1SC[C@@H]2NC(=O)N[C@@H]21.O=P(O)(O)O.O=P(O)(O)O.O=P(O)(O)O.O=c1ccn(C2C[C@H](O)[C@@H](CO)O2)c(=O)[nH]1. The van der Waals surface area contributed by atoms with Crippen molar-refractivity contribution in [2.45, 2.75) is 67.9 Å². The first-order chi connectivity index (χ1) is 21.3. The second kappa shape index (κ2) is 20.5. The van der Waals surface area contributed by atoms with Crippen LogP contribution in [0.15, 0.2) is 21.9 Å². The molecule has 0 aliphatic carbocycles. The van der Waals surface area contributed by atoms with E-state index in [2.05, 4.69) is 15.6 Å². The zero-order chi connectivity index (χ0) is 36.8. The number of ether oxygens (including phenoxy) is 1. The summed E-state index contributed by atoms with van der Waals surface area (Å²) in [6.07, 6.45) is 2.23. The highest BCUT2D eigenvalue weighted by molar-refractivity contribution is 8.00. The molecule has 24 nitrogen and oxygen atoms in total. The molecular formula is C19H37N4O20P3S. The molecule has 6 atom stereocenters. The highest BCUT2D eigenvalue weighted by atomic mass is 32.2. The molecule has 1 aromatic heterocycles. The number of fused-ring (bicyclic) bond motifs is 1. The van der Waals surface area contributed by atoms with Crippen molar-refractivity contribution in [1.29, 1.82) is 0 Å². The van der Waals surface area contributed by atoms with Crippen LogP contribution in [0.25, 0.3) is 0 Å². The van der Waals surface area contributed by atoms with E-state index in [4.69, 9.17) is 72.7 Å². The number of nitrogens with one attached hydrogen (secondary N) is 3. The van der Waals surface area contributed by atoms with Crippen molar-refractivity contribution >= 4 is 47.2 Å². The van der Waals surface area contributed by atoms with Crippen molar-refractivity contribution < 1.29 is 87.4 Å². The van der Waals surface area contributed by atoms with Gasteiger partial charge in [-0.25, -0.2) is 23.3 Å². The second-order valence-corrected chi connectivity index (χ2v) is 13.8. The average molecular weight is 767 g/mol. The van der Waals surface area contributed by atoms with Gasteiger partial charge >= 0.3 is 41.2 Å². The Bertz CT molecular complexity index is 1320. The lowest BCUT2D eigenvalue weighted by molar-refractivity contribution is -0.137. The van der Waals surface area contributed by atoms with Crippen LogP contribution < -0.4 is 21.9 Å². The lowest BCUT2D eigenvalue weighted by Gasteiger charge is -2.16. The van der Waals surface area contributed by atoms with Gasteiger partial charge in [-0.05, 0) is 12.8 Å². The molecule has 0 radical (unpaired) electrons. The number of carboxylic acids is 1. The zero-order valence-electron chi connectivity index (χ0n) is 23.9. The molecule has 0 spiro atoms. The van der Waals surface area contributed by atoms with Gasteiger partial charge in [0, 0.05) is 36.1 Å². The van der Waals surface area contributed by atoms with Crippen LogP contribution in [0.2, 0.25) is 0 Å². The summed E-state index contributed by atoms with van der Waals surface area (Å²) < 4.78 is 33.1. The number of amides is 2. The van der Waals surface area contributed by atoms with E-state index in [9.17, 15) is 24.3 Å². The number of nitrogens with zero attached hydrogens (tertiary/aromatic N) is 1. The number of hydrogen-bond acceptors (Lipinski definition) is 11. The van der Waals surface area contributed by atoms with Gasteiger partial charge in [-0.2, -0.15) is 11.8 Å². The van der Waals surface area contributed by atoms with Gasteiger partial charge in [0.2, 0.25) is 0 Å². The normalized spacial score (nSPS) is 24.7. The fourth-order valence-corrected chi connectivity index (χ4v) is 5.51. The molecule has 3 aliphatic rings. The van der Waals surface area contributed by atoms with E-state index in [-0.39, 0.29) is 37.6 Å². The first kappa shape index (κ1) is 45.0. The summed E-state index contributed by atoms with van der Waals surface area (Å²) in [6.45, 7) is -0.310. The van der Waals surface area contributed by atoms with E-state index in [1.807, 2.05) is 11.8 Å². The summed E-state index contributed by atoms with van der Waals surface area (Å²) in [5.41, 5.74) is -1.08. The lowest BCUT2D eigenvalue weighted by atomic mass is 10.0. The molecule has 47 heavy (non-hydrogen) atoms. The number of aliphatic hydroxyl groups is 2. The highest BCUT2D eigenvalue weighted by Gasteiger charge is 2.42. The number of rotatable bonds is 7. The number of hydrogen-bond donors (Lipinski definition) is 15. The molecule has 0 aromatic carbocycles. The minimum absolute atomic E-state index is 0.0640. The van der Waals surface area contributed by atoms with Crippen molar-refractivity contribution in [2.24, 2.45) is 0 Å². The maximum Gasteiger partial charge on any atom is 0.466 e. The second-order valence-electron chi connectivity index (χ2n) is 9.43. The van der Waals surface area contributed by atoms with Gasteiger partial charge in [0.25, 0.3) is 5.56 Å². The molecule has 3 saturated heterocycles. The predicted octanol–water partition coefficient (Wildman–Crippen LogP) is -3.81. The molecule has 28 heteroatoms. The summed E-state index contributed by atoms with van der Waals surface area (Å²) >= 11 is 1.87. The van der Waals surface area contributed by atoms with Gasteiger partial charge in [0.15, 0.2) is 0 Å². The number of carbonyl (C=O) groups excluding carboxylic acids is 1. The summed E-state index contributed by atoms with van der Waals surface area (Å²) in [5, 5.41) is 33.2. The minimum atomic E-state index is -4.64. The third kappa shape index (κ3) is 23.9. The molecule has 4 heterocycles. The summed E-state index contributed by atoms with van der Waals surface area (Å²) in [7, 11) is -13.9. The summed E-state index contributed by atoms with van der Waals surface area (Å²) in [4.78, 5) is 110. The molecule has 3 fully saturated rings. The number of unbranched alkanes of at least 4 members (excludes halogenated alkanes) is 1. The molecule has 0 saturated carbocycles. The van der Waals surface area contributed by atoms with Gasteiger partial charge in [0.1, 0.15) is 12.3 Å². The minimum Gasteiger partial charge on any atom is -0.481 e. The first-order valence-corrected chi connectivity index (χ1v) is 18.5. The number of thioether (sulfide) groups is 1. The van der Waals surface area contributed by atoms with Gasteiger partial charge in [0.05, 0.1) is 24.8 Å². The Balaban J connectivity index is 0.000000636. The van der Waals surface area contributed by atoms with E-state index in [1.54, 1.807) is 0 Å². The molecular weight excluding hydrogens is 729 g/mol. The monoisotopic (exact) mass is 766 g/mol. The molecule has 3 aliphatic heterocycles. The third-order valence-electron chi connectivity index (χ3n) is 5.61. The third-order valence-corrected chi connectivity index (χ3v) is 7.12. The van der Waals surface area contributed by atoms with E-state index < -0.39 is 59.1 Å². The fourth-order valence-electron chi connectivity index (χ4n) is 3.97. The maximum absolute atomic E-state index is 11.4. The number of carbonyl (C=O) groups is 2. The Morgan fingerprint density at radius 3 is 1.91 bits per heavy atom. The number of aliphatic carboxylic acids is 1. The molecule has 2 amide bonds. The molecule has 274 valence electrons. The van der Waals surface area contributed by atoms with Crippen LogP contribution >= 0.6 is 35.2 Å². The molecule has 1 aromatic rings. The van der Waals surface area contributed by atoms with Crippen LogP contribution in [0.3, 0.4) is 0 Å². The quantitative estimate of drug-likeness (QED) is 0.0718. The lowest BCUT2D eigenvalue weighted by Crippen LogP contribution is -2.36. The molecule has 15 N–H and O–H groups in total.